The lowest BCUT2D eigenvalue weighted by molar-refractivity contribution is -0.306. The number of benzene rings is 2. The van der Waals surface area contributed by atoms with E-state index in [1.165, 1.54) is 19.2 Å². The standard InChI is InChI=1S/C19H19NO5/c1-25-19(24)14-7-9-16(10-8-14)20-17(21)11-15(12-18(22)23)13-5-3-2-4-6-13/h2-10,15H,11-12H2,1H3,(H,20,21)(H,22,23)/p-1. The molecule has 0 saturated carbocycles. The molecule has 25 heavy (non-hydrogen) atoms. The van der Waals surface area contributed by atoms with Gasteiger partial charge < -0.3 is 20.0 Å². The molecule has 2 rings (SSSR count). The van der Waals surface area contributed by atoms with Crippen LogP contribution in [0.5, 0.6) is 0 Å². The summed E-state index contributed by atoms with van der Waals surface area (Å²) in [6, 6.07) is 15.2. The number of carboxylic acid groups (broad SMARTS) is 1. The van der Waals surface area contributed by atoms with Gasteiger partial charge in [-0.15, -0.1) is 0 Å². The van der Waals surface area contributed by atoms with Crippen molar-refractivity contribution < 1.29 is 24.2 Å². The molecule has 1 N–H and O–H groups in total. The Morgan fingerprint density at radius 1 is 1.00 bits per heavy atom. The van der Waals surface area contributed by atoms with Gasteiger partial charge >= 0.3 is 5.97 Å². The van der Waals surface area contributed by atoms with Crippen molar-refractivity contribution in [2.75, 3.05) is 12.4 Å². The van der Waals surface area contributed by atoms with Crippen molar-refractivity contribution in [1.29, 1.82) is 0 Å². The highest BCUT2D eigenvalue weighted by atomic mass is 16.5. The molecule has 0 aliphatic heterocycles. The van der Waals surface area contributed by atoms with Crippen LogP contribution in [0.1, 0.15) is 34.7 Å². The average Bonchev–Trinajstić information content (AvgIpc) is 2.61. The maximum absolute atomic E-state index is 12.2. The van der Waals surface area contributed by atoms with Gasteiger partial charge in [0.05, 0.1) is 12.7 Å². The van der Waals surface area contributed by atoms with Crippen LogP contribution in [0.3, 0.4) is 0 Å². The molecule has 1 amide bonds. The number of ether oxygens (including phenoxy) is 1. The molecular formula is C19H18NO5-. The monoisotopic (exact) mass is 340 g/mol. The van der Waals surface area contributed by atoms with Crippen molar-refractivity contribution in [2.24, 2.45) is 0 Å². The number of rotatable bonds is 7. The zero-order chi connectivity index (χ0) is 18.2. The van der Waals surface area contributed by atoms with Gasteiger partial charge in [-0.2, -0.15) is 0 Å². The zero-order valence-electron chi connectivity index (χ0n) is 13.7. The quantitative estimate of drug-likeness (QED) is 0.774. The van der Waals surface area contributed by atoms with Crippen LogP contribution in [-0.4, -0.2) is 25.0 Å². The van der Waals surface area contributed by atoms with Crippen LogP contribution in [0.15, 0.2) is 54.6 Å². The molecule has 2 aromatic carbocycles. The molecule has 0 aliphatic carbocycles. The summed E-state index contributed by atoms with van der Waals surface area (Å²) in [6.45, 7) is 0. The number of carbonyl (C=O) groups is 3. The summed E-state index contributed by atoms with van der Waals surface area (Å²) in [5.41, 5.74) is 1.65. The Morgan fingerprint density at radius 2 is 1.64 bits per heavy atom. The number of esters is 1. The van der Waals surface area contributed by atoms with Gasteiger partial charge in [0.1, 0.15) is 0 Å². The summed E-state index contributed by atoms with van der Waals surface area (Å²) >= 11 is 0. The lowest BCUT2D eigenvalue weighted by Gasteiger charge is -2.17. The van der Waals surface area contributed by atoms with E-state index in [1.54, 1.807) is 36.4 Å². The summed E-state index contributed by atoms with van der Waals surface area (Å²) in [4.78, 5) is 34.6. The number of methoxy groups -OCH3 is 1. The largest absolute Gasteiger partial charge is 0.550 e. The van der Waals surface area contributed by atoms with Gasteiger partial charge in [-0.3, -0.25) is 4.79 Å². The molecule has 2 aromatic rings. The molecule has 0 spiro atoms. The first-order valence-corrected chi connectivity index (χ1v) is 7.72. The minimum absolute atomic E-state index is 0.0107. The second kappa shape index (κ2) is 8.63. The van der Waals surface area contributed by atoms with Crippen LogP contribution < -0.4 is 10.4 Å². The summed E-state index contributed by atoms with van der Waals surface area (Å²) < 4.78 is 4.61. The highest BCUT2D eigenvalue weighted by Crippen LogP contribution is 2.24. The highest BCUT2D eigenvalue weighted by molar-refractivity contribution is 5.93. The predicted octanol–water partition coefficient (Wildman–Crippen LogP) is 1.73. The van der Waals surface area contributed by atoms with Crippen molar-refractivity contribution in [2.45, 2.75) is 18.8 Å². The second-order valence-corrected chi connectivity index (χ2v) is 5.50. The molecule has 0 aliphatic rings. The fraction of sp³-hybridized carbons (Fsp3) is 0.211. The Kier molecular flexibility index (Phi) is 6.28. The summed E-state index contributed by atoms with van der Waals surface area (Å²) in [7, 11) is 1.29. The van der Waals surface area contributed by atoms with Crippen LogP contribution in [0, 0.1) is 0 Å². The third kappa shape index (κ3) is 5.46. The number of anilines is 1. The summed E-state index contributed by atoms with van der Waals surface area (Å²) in [6.07, 6.45) is -0.227. The zero-order valence-corrected chi connectivity index (χ0v) is 13.7. The van der Waals surface area contributed by atoms with Gasteiger partial charge in [-0.25, -0.2) is 4.79 Å². The van der Waals surface area contributed by atoms with E-state index in [-0.39, 0.29) is 18.7 Å². The molecule has 6 nitrogen and oxygen atoms in total. The van der Waals surface area contributed by atoms with E-state index in [0.717, 1.165) is 5.56 Å². The maximum Gasteiger partial charge on any atom is 0.337 e. The number of amides is 1. The minimum atomic E-state index is -1.20. The number of carboxylic acids is 1. The average molecular weight is 340 g/mol. The van der Waals surface area contributed by atoms with E-state index in [0.29, 0.717) is 11.3 Å². The first kappa shape index (κ1) is 18.2. The highest BCUT2D eigenvalue weighted by Gasteiger charge is 2.16. The first-order chi connectivity index (χ1) is 12.0. The fourth-order valence-corrected chi connectivity index (χ4v) is 2.48. The Balaban J connectivity index is 2.03. The van der Waals surface area contributed by atoms with Crippen molar-refractivity contribution in [3.8, 4) is 0 Å². The van der Waals surface area contributed by atoms with Crippen molar-refractivity contribution >= 4 is 23.5 Å². The third-order valence-corrected chi connectivity index (χ3v) is 3.71. The molecule has 130 valence electrons. The van der Waals surface area contributed by atoms with Gasteiger partial charge in [0.15, 0.2) is 0 Å². The molecule has 6 heteroatoms. The second-order valence-electron chi connectivity index (χ2n) is 5.50. The molecule has 0 fully saturated rings. The predicted molar refractivity (Wildman–Crippen MR) is 89.8 cm³/mol. The molecule has 0 heterocycles. The lowest BCUT2D eigenvalue weighted by atomic mass is 9.92. The van der Waals surface area contributed by atoms with E-state index in [4.69, 9.17) is 0 Å². The van der Waals surface area contributed by atoms with E-state index >= 15 is 0 Å². The maximum atomic E-state index is 12.2. The van der Waals surface area contributed by atoms with Crippen molar-refractivity contribution in [3.63, 3.8) is 0 Å². The molecule has 0 bridgehead atoms. The van der Waals surface area contributed by atoms with E-state index < -0.39 is 17.9 Å². The van der Waals surface area contributed by atoms with Crippen LogP contribution in [0.2, 0.25) is 0 Å². The third-order valence-electron chi connectivity index (χ3n) is 3.71. The minimum Gasteiger partial charge on any atom is -0.550 e. The summed E-state index contributed by atoms with van der Waals surface area (Å²) in [5.74, 6) is -2.46. The Labute approximate surface area is 145 Å². The fourth-order valence-electron chi connectivity index (χ4n) is 2.48. The molecule has 0 saturated heterocycles. The van der Waals surface area contributed by atoms with Gasteiger partial charge in [-0.1, -0.05) is 30.3 Å². The molecule has 1 unspecified atom stereocenters. The number of hydrogen-bond acceptors (Lipinski definition) is 5. The number of hydrogen-bond donors (Lipinski definition) is 1. The van der Waals surface area contributed by atoms with Gasteiger partial charge in [0.2, 0.25) is 5.91 Å². The van der Waals surface area contributed by atoms with Gasteiger partial charge in [0, 0.05) is 18.1 Å². The smallest absolute Gasteiger partial charge is 0.337 e. The van der Waals surface area contributed by atoms with Crippen LogP contribution in [-0.2, 0) is 14.3 Å². The normalized spacial score (nSPS) is 11.4. The van der Waals surface area contributed by atoms with E-state index in [2.05, 4.69) is 10.1 Å². The Hall–Kier alpha value is -3.15. The molecule has 0 aromatic heterocycles. The lowest BCUT2D eigenvalue weighted by Crippen LogP contribution is -2.26. The Bertz CT molecular complexity index is 740. The van der Waals surface area contributed by atoms with Gasteiger partial charge in [0.25, 0.3) is 0 Å². The number of aliphatic carboxylic acids is 1. The molecular weight excluding hydrogens is 322 g/mol. The van der Waals surface area contributed by atoms with E-state index in [9.17, 15) is 19.5 Å². The Morgan fingerprint density at radius 3 is 2.20 bits per heavy atom. The van der Waals surface area contributed by atoms with Crippen molar-refractivity contribution in [3.05, 3.63) is 65.7 Å². The summed E-state index contributed by atoms with van der Waals surface area (Å²) in [5, 5.41) is 13.7. The molecule has 0 radical (unpaired) electrons. The number of carbonyl (C=O) groups excluding carboxylic acids is 3. The van der Waals surface area contributed by atoms with Crippen LogP contribution in [0.4, 0.5) is 5.69 Å². The van der Waals surface area contributed by atoms with Gasteiger partial charge in [-0.05, 0) is 42.2 Å². The SMILES string of the molecule is COC(=O)c1ccc(NC(=O)CC(CC(=O)[O-])c2ccccc2)cc1. The molecule has 1 atom stereocenters. The van der Waals surface area contributed by atoms with E-state index in [1.807, 2.05) is 6.07 Å². The van der Waals surface area contributed by atoms with Crippen LogP contribution >= 0.6 is 0 Å². The topological polar surface area (TPSA) is 95.5 Å². The number of nitrogens with one attached hydrogen (secondary N) is 1. The van der Waals surface area contributed by atoms with Crippen molar-refractivity contribution in [1.82, 2.24) is 0 Å². The first-order valence-electron chi connectivity index (χ1n) is 7.72. The van der Waals surface area contributed by atoms with Crippen LogP contribution in [0.25, 0.3) is 0 Å².